The van der Waals surface area contributed by atoms with Gasteiger partial charge in [-0.1, -0.05) is 36.4 Å². The number of nitrogen functional groups attached to an aromatic ring is 1. The van der Waals surface area contributed by atoms with Crippen molar-refractivity contribution in [3.05, 3.63) is 83.6 Å². The number of anilines is 2. The molecule has 0 fully saturated rings. The number of aromatic nitrogens is 1. The largest absolute Gasteiger partial charge is 0.508 e. The molecular weight excluding hydrogens is 404 g/mol. The highest BCUT2D eigenvalue weighted by atomic mass is 16.3. The number of phenols is 1. The summed E-state index contributed by atoms with van der Waals surface area (Å²) < 4.78 is 0. The first-order chi connectivity index (χ1) is 15.2. The van der Waals surface area contributed by atoms with Crippen LogP contribution in [-0.4, -0.2) is 33.2 Å². The van der Waals surface area contributed by atoms with Gasteiger partial charge < -0.3 is 26.6 Å². The molecule has 1 amide bonds. The fourth-order valence-corrected chi connectivity index (χ4v) is 3.50. The van der Waals surface area contributed by atoms with Crippen LogP contribution < -0.4 is 16.4 Å². The Bertz CT molecular complexity index is 1050. The van der Waals surface area contributed by atoms with E-state index in [4.69, 9.17) is 5.73 Å². The molecule has 0 spiro atoms. The van der Waals surface area contributed by atoms with Crippen LogP contribution >= 0.6 is 0 Å². The maximum absolute atomic E-state index is 12.4. The number of β-amino-alcohol motifs (C(OH)–C–C–N with tert-alkyl or cyclic N) is 1. The number of nitrogens with zero attached hydrogens (tertiary/aromatic N) is 1. The molecule has 0 aliphatic carbocycles. The zero-order valence-electron chi connectivity index (χ0n) is 18.4. The van der Waals surface area contributed by atoms with Crippen molar-refractivity contribution in [1.82, 2.24) is 10.3 Å². The highest BCUT2D eigenvalue weighted by molar-refractivity contribution is 5.92. The summed E-state index contributed by atoms with van der Waals surface area (Å²) in [5.41, 5.74) is 8.60. The Morgan fingerprint density at radius 1 is 1.09 bits per heavy atom. The Morgan fingerprint density at radius 2 is 1.84 bits per heavy atom. The fraction of sp³-hybridized carbons (Fsp3) is 0.280. The molecule has 6 N–H and O–H groups in total. The van der Waals surface area contributed by atoms with Crippen LogP contribution in [0.4, 0.5) is 11.5 Å². The number of pyridine rings is 1. The van der Waals surface area contributed by atoms with E-state index in [2.05, 4.69) is 29.5 Å². The molecule has 1 heterocycles. The number of aliphatic hydroxyl groups excluding tert-OH is 1. The van der Waals surface area contributed by atoms with E-state index in [1.807, 2.05) is 24.3 Å². The van der Waals surface area contributed by atoms with E-state index < -0.39 is 6.10 Å². The van der Waals surface area contributed by atoms with Gasteiger partial charge in [-0.15, -0.1) is 0 Å². The molecule has 0 aliphatic heterocycles. The lowest BCUT2D eigenvalue weighted by atomic mass is 9.93. The van der Waals surface area contributed by atoms with E-state index in [0.29, 0.717) is 23.6 Å². The van der Waals surface area contributed by atoms with Gasteiger partial charge in [0.1, 0.15) is 11.6 Å². The van der Waals surface area contributed by atoms with Gasteiger partial charge in [-0.05, 0) is 49.6 Å². The van der Waals surface area contributed by atoms with Crippen LogP contribution in [0.15, 0.2) is 66.9 Å². The number of aromatic hydroxyl groups is 1. The van der Waals surface area contributed by atoms with Gasteiger partial charge in [0.2, 0.25) is 5.91 Å². The molecule has 0 bridgehead atoms. The molecular formula is C25H30N4O3. The molecule has 0 saturated carbocycles. The normalized spacial score (nSPS) is 12.3. The van der Waals surface area contributed by atoms with Crippen molar-refractivity contribution in [3.63, 3.8) is 0 Å². The number of amides is 1. The lowest BCUT2D eigenvalue weighted by molar-refractivity contribution is -0.115. The summed E-state index contributed by atoms with van der Waals surface area (Å²) >= 11 is 0. The minimum atomic E-state index is -0.685. The molecule has 3 aromatic rings. The van der Waals surface area contributed by atoms with Gasteiger partial charge in [0.15, 0.2) is 0 Å². The molecule has 7 nitrogen and oxygen atoms in total. The topological polar surface area (TPSA) is 120 Å². The molecule has 1 aromatic heterocycles. The number of aliphatic hydroxyl groups is 1. The monoisotopic (exact) mass is 434 g/mol. The second-order valence-corrected chi connectivity index (χ2v) is 8.57. The van der Waals surface area contributed by atoms with Crippen LogP contribution in [-0.2, 0) is 17.6 Å². The fourth-order valence-electron chi connectivity index (χ4n) is 3.50. The molecule has 3 rings (SSSR count). The van der Waals surface area contributed by atoms with Gasteiger partial charge in [0, 0.05) is 35.6 Å². The van der Waals surface area contributed by atoms with Gasteiger partial charge >= 0.3 is 0 Å². The molecule has 0 radical (unpaired) electrons. The van der Waals surface area contributed by atoms with E-state index in [1.54, 1.807) is 36.5 Å². The number of rotatable bonds is 9. The number of carbonyl (C=O) groups is 1. The van der Waals surface area contributed by atoms with Crippen LogP contribution in [0, 0.1) is 0 Å². The Labute approximate surface area is 188 Å². The molecule has 0 unspecified atom stereocenters. The van der Waals surface area contributed by atoms with Crippen LogP contribution in [0.25, 0.3) is 0 Å². The number of hydrogen-bond donors (Lipinski definition) is 5. The lowest BCUT2D eigenvalue weighted by Crippen LogP contribution is -2.43. The van der Waals surface area contributed by atoms with E-state index in [0.717, 1.165) is 17.5 Å². The third-order valence-electron chi connectivity index (χ3n) is 5.10. The predicted octanol–water partition coefficient (Wildman–Crippen LogP) is 3.19. The zero-order valence-corrected chi connectivity index (χ0v) is 18.4. The van der Waals surface area contributed by atoms with Crippen LogP contribution in [0.1, 0.15) is 36.6 Å². The van der Waals surface area contributed by atoms with Gasteiger partial charge in [-0.25, -0.2) is 4.98 Å². The summed E-state index contributed by atoms with van der Waals surface area (Å²) in [5.74, 6) is 0.382. The van der Waals surface area contributed by atoms with Crippen molar-refractivity contribution in [3.8, 4) is 5.75 Å². The summed E-state index contributed by atoms with van der Waals surface area (Å²) in [6.45, 7) is 4.52. The average molecular weight is 435 g/mol. The van der Waals surface area contributed by atoms with Crippen LogP contribution in [0.5, 0.6) is 5.75 Å². The smallest absolute Gasteiger partial charge is 0.228 e. The number of nitrogens with one attached hydrogen (secondary N) is 2. The summed E-state index contributed by atoms with van der Waals surface area (Å²) in [6.07, 6.45) is 1.86. The van der Waals surface area contributed by atoms with E-state index >= 15 is 0 Å². The molecule has 7 heteroatoms. The highest BCUT2D eigenvalue weighted by Gasteiger charge is 2.20. The summed E-state index contributed by atoms with van der Waals surface area (Å²) in [7, 11) is 0. The number of carbonyl (C=O) groups excluding carboxylic acids is 1. The number of hydrogen-bond acceptors (Lipinski definition) is 6. The number of phenolic OH excluding ortho intramolecular Hbond substituents is 1. The van der Waals surface area contributed by atoms with Crippen molar-refractivity contribution in [1.29, 1.82) is 0 Å². The van der Waals surface area contributed by atoms with Crippen LogP contribution in [0.2, 0.25) is 0 Å². The molecule has 2 aromatic carbocycles. The number of nitrogens with two attached hydrogens (primary N) is 1. The van der Waals surface area contributed by atoms with Crippen molar-refractivity contribution in [2.24, 2.45) is 0 Å². The van der Waals surface area contributed by atoms with E-state index in [9.17, 15) is 15.0 Å². The van der Waals surface area contributed by atoms with Crippen molar-refractivity contribution in [2.75, 3.05) is 17.6 Å². The minimum Gasteiger partial charge on any atom is -0.508 e. The first kappa shape index (κ1) is 23.2. The zero-order chi connectivity index (χ0) is 23.1. The van der Waals surface area contributed by atoms with Gasteiger partial charge in [0.05, 0.1) is 12.5 Å². The van der Waals surface area contributed by atoms with Crippen molar-refractivity contribution in [2.45, 2.75) is 38.3 Å². The Balaban J connectivity index is 1.55. The molecule has 1 atom stereocenters. The third kappa shape index (κ3) is 7.08. The van der Waals surface area contributed by atoms with Crippen LogP contribution in [0.3, 0.4) is 0 Å². The Morgan fingerprint density at radius 3 is 2.56 bits per heavy atom. The minimum absolute atomic E-state index is 0.109. The second-order valence-electron chi connectivity index (χ2n) is 8.57. The molecule has 32 heavy (non-hydrogen) atoms. The second kappa shape index (κ2) is 10.3. The summed E-state index contributed by atoms with van der Waals surface area (Å²) in [5, 5.41) is 26.2. The standard InChI is InChI=1S/C25H30N4O3/c1-25(2,28-16-22(31)19-9-10-23(26)27-15-19)14-18-6-3-5-17(11-18)12-24(32)29-20-7-4-8-21(30)13-20/h3-11,13,15,22,28,30-31H,12,14,16H2,1-2H3,(H2,26,27)(H,29,32)/t22-/m1/s1. The predicted molar refractivity (Wildman–Crippen MR) is 126 cm³/mol. The summed E-state index contributed by atoms with van der Waals surface area (Å²) in [4.78, 5) is 16.4. The average Bonchev–Trinajstić information content (AvgIpc) is 2.72. The maximum atomic E-state index is 12.4. The molecule has 168 valence electrons. The van der Waals surface area contributed by atoms with Gasteiger partial charge in [-0.2, -0.15) is 0 Å². The van der Waals surface area contributed by atoms with Crippen molar-refractivity contribution >= 4 is 17.4 Å². The molecule has 0 saturated heterocycles. The SMILES string of the molecule is CC(C)(Cc1cccc(CC(=O)Nc2cccc(O)c2)c1)NC[C@@H](O)c1ccc(N)nc1. The Hall–Kier alpha value is -3.42. The van der Waals surface area contributed by atoms with Crippen molar-refractivity contribution < 1.29 is 15.0 Å². The van der Waals surface area contributed by atoms with E-state index in [-0.39, 0.29) is 23.6 Å². The lowest BCUT2D eigenvalue weighted by Gasteiger charge is -2.28. The number of benzene rings is 2. The first-order valence-corrected chi connectivity index (χ1v) is 10.5. The summed E-state index contributed by atoms with van der Waals surface area (Å²) in [6, 6.07) is 17.8. The first-order valence-electron chi connectivity index (χ1n) is 10.5. The van der Waals surface area contributed by atoms with Gasteiger partial charge in [0.25, 0.3) is 0 Å². The Kier molecular flexibility index (Phi) is 7.45. The third-order valence-corrected chi connectivity index (χ3v) is 5.10. The highest BCUT2D eigenvalue weighted by Crippen LogP contribution is 2.19. The van der Waals surface area contributed by atoms with Gasteiger partial charge in [-0.3, -0.25) is 4.79 Å². The molecule has 0 aliphatic rings. The quantitative estimate of drug-likeness (QED) is 0.353. The van der Waals surface area contributed by atoms with E-state index in [1.165, 1.54) is 6.07 Å². The maximum Gasteiger partial charge on any atom is 0.228 e.